The maximum atomic E-state index is 12.1. The van der Waals surface area contributed by atoms with Crippen LogP contribution in [0, 0.1) is 0 Å². The SMILES string of the molecule is CCCNc1nnc(C(=O)N2CCNC(=O)C2)s1. The predicted molar refractivity (Wildman–Crippen MR) is 67.6 cm³/mol. The number of aromatic nitrogens is 2. The molecule has 98 valence electrons. The second-order valence-corrected chi connectivity index (χ2v) is 4.89. The Morgan fingerprint density at radius 3 is 3.11 bits per heavy atom. The van der Waals surface area contributed by atoms with Crippen molar-refractivity contribution in [1.29, 1.82) is 0 Å². The second kappa shape index (κ2) is 5.76. The van der Waals surface area contributed by atoms with Gasteiger partial charge in [0.1, 0.15) is 0 Å². The van der Waals surface area contributed by atoms with Crippen molar-refractivity contribution in [2.45, 2.75) is 13.3 Å². The van der Waals surface area contributed by atoms with Crippen LogP contribution in [-0.4, -0.2) is 53.1 Å². The molecule has 2 rings (SSSR count). The monoisotopic (exact) mass is 269 g/mol. The Morgan fingerprint density at radius 2 is 2.39 bits per heavy atom. The van der Waals surface area contributed by atoms with Gasteiger partial charge in [-0.2, -0.15) is 0 Å². The molecule has 0 bridgehead atoms. The van der Waals surface area contributed by atoms with E-state index in [9.17, 15) is 9.59 Å². The first-order chi connectivity index (χ1) is 8.70. The number of nitrogens with one attached hydrogen (secondary N) is 2. The van der Waals surface area contributed by atoms with Crippen molar-refractivity contribution in [3.05, 3.63) is 5.01 Å². The number of rotatable bonds is 4. The zero-order chi connectivity index (χ0) is 13.0. The van der Waals surface area contributed by atoms with Gasteiger partial charge >= 0.3 is 0 Å². The van der Waals surface area contributed by atoms with Gasteiger partial charge in [-0.25, -0.2) is 0 Å². The number of amides is 2. The van der Waals surface area contributed by atoms with Crippen molar-refractivity contribution in [3.63, 3.8) is 0 Å². The molecule has 0 aliphatic carbocycles. The molecule has 7 nitrogen and oxygen atoms in total. The Balaban J connectivity index is 1.99. The number of piperazine rings is 1. The number of hydrogen-bond donors (Lipinski definition) is 2. The third kappa shape index (κ3) is 2.95. The van der Waals surface area contributed by atoms with Crippen molar-refractivity contribution >= 4 is 28.3 Å². The standard InChI is InChI=1S/C10H15N5O2S/c1-2-3-12-10-14-13-8(18-10)9(17)15-5-4-11-7(16)6-15/h2-6H2,1H3,(H,11,16)(H,12,14). The zero-order valence-corrected chi connectivity index (χ0v) is 10.9. The van der Waals surface area contributed by atoms with E-state index in [0.717, 1.165) is 13.0 Å². The van der Waals surface area contributed by atoms with Gasteiger partial charge in [0.05, 0.1) is 6.54 Å². The van der Waals surface area contributed by atoms with Gasteiger partial charge in [-0.05, 0) is 6.42 Å². The number of hydrogen-bond acceptors (Lipinski definition) is 6. The van der Waals surface area contributed by atoms with Crippen molar-refractivity contribution in [2.75, 3.05) is 31.5 Å². The third-order valence-electron chi connectivity index (χ3n) is 2.46. The molecule has 0 saturated carbocycles. The average molecular weight is 269 g/mol. The topological polar surface area (TPSA) is 87.2 Å². The van der Waals surface area contributed by atoms with Gasteiger partial charge in [-0.15, -0.1) is 10.2 Å². The molecule has 1 aliphatic rings. The van der Waals surface area contributed by atoms with E-state index in [1.165, 1.54) is 16.2 Å². The minimum Gasteiger partial charge on any atom is -0.360 e. The second-order valence-electron chi connectivity index (χ2n) is 3.92. The molecule has 2 N–H and O–H groups in total. The lowest BCUT2D eigenvalue weighted by molar-refractivity contribution is -0.123. The van der Waals surface area contributed by atoms with Crippen LogP contribution in [0.3, 0.4) is 0 Å². The Labute approximate surface area is 109 Å². The van der Waals surface area contributed by atoms with E-state index in [1.807, 2.05) is 6.92 Å². The van der Waals surface area contributed by atoms with E-state index in [2.05, 4.69) is 20.8 Å². The van der Waals surface area contributed by atoms with Crippen LogP contribution in [0.2, 0.25) is 0 Å². The van der Waals surface area contributed by atoms with Crippen LogP contribution >= 0.6 is 11.3 Å². The van der Waals surface area contributed by atoms with E-state index in [1.54, 1.807) is 0 Å². The highest BCUT2D eigenvalue weighted by molar-refractivity contribution is 7.17. The number of anilines is 1. The molecule has 0 unspecified atom stereocenters. The Bertz CT molecular complexity index is 447. The molecular weight excluding hydrogens is 254 g/mol. The largest absolute Gasteiger partial charge is 0.360 e. The highest BCUT2D eigenvalue weighted by Gasteiger charge is 2.24. The molecule has 1 saturated heterocycles. The van der Waals surface area contributed by atoms with E-state index in [-0.39, 0.29) is 18.4 Å². The quantitative estimate of drug-likeness (QED) is 0.799. The third-order valence-corrected chi connectivity index (χ3v) is 3.33. The summed E-state index contributed by atoms with van der Waals surface area (Å²) in [6.45, 7) is 3.95. The Kier molecular flexibility index (Phi) is 4.08. The molecule has 1 aromatic rings. The van der Waals surface area contributed by atoms with Crippen LogP contribution in [0.4, 0.5) is 5.13 Å². The van der Waals surface area contributed by atoms with Crippen LogP contribution in [-0.2, 0) is 4.79 Å². The van der Waals surface area contributed by atoms with Gasteiger partial charge in [-0.3, -0.25) is 9.59 Å². The molecule has 2 heterocycles. The summed E-state index contributed by atoms with van der Waals surface area (Å²) in [5.74, 6) is -0.365. The lowest BCUT2D eigenvalue weighted by Gasteiger charge is -2.25. The molecule has 1 aromatic heterocycles. The van der Waals surface area contributed by atoms with E-state index in [0.29, 0.717) is 23.2 Å². The Hall–Kier alpha value is -1.70. The molecular formula is C10H15N5O2S. The van der Waals surface area contributed by atoms with E-state index >= 15 is 0 Å². The van der Waals surface area contributed by atoms with Crippen LogP contribution in [0.15, 0.2) is 0 Å². The van der Waals surface area contributed by atoms with Crippen LogP contribution in [0.5, 0.6) is 0 Å². The summed E-state index contributed by atoms with van der Waals surface area (Å²) in [4.78, 5) is 24.8. The first-order valence-corrected chi connectivity index (χ1v) is 6.65. The molecule has 0 spiro atoms. The molecule has 0 aromatic carbocycles. The molecule has 1 fully saturated rings. The average Bonchev–Trinajstić information content (AvgIpc) is 2.84. The molecule has 8 heteroatoms. The van der Waals surface area contributed by atoms with Crippen molar-refractivity contribution < 1.29 is 9.59 Å². The highest BCUT2D eigenvalue weighted by atomic mass is 32.1. The molecule has 0 radical (unpaired) electrons. The molecule has 1 aliphatic heterocycles. The molecule has 0 atom stereocenters. The summed E-state index contributed by atoms with van der Waals surface area (Å²) >= 11 is 1.22. The summed E-state index contributed by atoms with van der Waals surface area (Å²) in [5.41, 5.74) is 0. The van der Waals surface area contributed by atoms with E-state index in [4.69, 9.17) is 0 Å². The van der Waals surface area contributed by atoms with Crippen LogP contribution in [0.25, 0.3) is 0 Å². The minimum absolute atomic E-state index is 0.0934. The van der Waals surface area contributed by atoms with Crippen molar-refractivity contribution in [3.8, 4) is 0 Å². The minimum atomic E-state index is -0.230. The summed E-state index contributed by atoms with van der Waals surface area (Å²) in [5, 5.41) is 14.5. The highest BCUT2D eigenvalue weighted by Crippen LogP contribution is 2.17. The zero-order valence-electron chi connectivity index (χ0n) is 10.1. The van der Waals surface area contributed by atoms with Crippen LogP contribution < -0.4 is 10.6 Å². The smallest absolute Gasteiger partial charge is 0.285 e. The predicted octanol–water partition coefficient (Wildman–Crippen LogP) is -0.0680. The van der Waals surface area contributed by atoms with Gasteiger partial charge in [0.15, 0.2) is 0 Å². The van der Waals surface area contributed by atoms with Crippen molar-refractivity contribution in [2.24, 2.45) is 0 Å². The van der Waals surface area contributed by atoms with Crippen molar-refractivity contribution in [1.82, 2.24) is 20.4 Å². The van der Waals surface area contributed by atoms with E-state index < -0.39 is 0 Å². The summed E-state index contributed by atoms with van der Waals surface area (Å²) in [6.07, 6.45) is 0.981. The fourth-order valence-corrected chi connectivity index (χ4v) is 2.30. The maximum absolute atomic E-state index is 12.1. The van der Waals surface area contributed by atoms with Gasteiger partial charge in [0.2, 0.25) is 16.0 Å². The fourth-order valence-electron chi connectivity index (χ4n) is 1.56. The lowest BCUT2D eigenvalue weighted by Crippen LogP contribution is -2.49. The maximum Gasteiger partial charge on any atom is 0.285 e. The first kappa shape index (κ1) is 12.7. The van der Waals surface area contributed by atoms with Gasteiger partial charge in [0, 0.05) is 19.6 Å². The molecule has 18 heavy (non-hydrogen) atoms. The van der Waals surface area contributed by atoms with Gasteiger partial charge in [0.25, 0.3) is 5.91 Å². The number of carbonyl (C=O) groups is 2. The van der Waals surface area contributed by atoms with Gasteiger partial charge < -0.3 is 15.5 Å². The normalized spacial score (nSPS) is 15.4. The summed E-state index contributed by atoms with van der Waals surface area (Å²) < 4.78 is 0. The van der Waals surface area contributed by atoms with Crippen LogP contribution in [0.1, 0.15) is 23.1 Å². The number of carbonyl (C=O) groups excluding carboxylic acids is 2. The summed E-state index contributed by atoms with van der Waals surface area (Å²) in [6, 6.07) is 0. The summed E-state index contributed by atoms with van der Waals surface area (Å²) in [7, 11) is 0. The number of nitrogens with zero attached hydrogens (tertiary/aromatic N) is 3. The Morgan fingerprint density at radius 1 is 1.56 bits per heavy atom. The molecule has 2 amide bonds. The van der Waals surface area contributed by atoms with Gasteiger partial charge in [-0.1, -0.05) is 18.3 Å². The fraction of sp³-hybridized carbons (Fsp3) is 0.600. The first-order valence-electron chi connectivity index (χ1n) is 5.84. The lowest BCUT2D eigenvalue weighted by atomic mass is 10.3.